The summed E-state index contributed by atoms with van der Waals surface area (Å²) in [5.41, 5.74) is 1.62. The van der Waals surface area contributed by atoms with E-state index < -0.39 is 11.7 Å². The van der Waals surface area contributed by atoms with E-state index in [-0.39, 0.29) is 23.0 Å². The second kappa shape index (κ2) is 9.82. The largest absolute Gasteiger partial charge is 0.465 e. The van der Waals surface area contributed by atoms with E-state index in [0.29, 0.717) is 20.8 Å². The molecule has 0 bridgehead atoms. The van der Waals surface area contributed by atoms with Crippen LogP contribution in [0, 0.1) is 5.82 Å². The fourth-order valence-electron chi connectivity index (χ4n) is 2.34. The lowest BCUT2D eigenvalue weighted by molar-refractivity contribution is -0.115. The number of benzene rings is 2. The van der Waals surface area contributed by atoms with Crippen LogP contribution in [0.1, 0.15) is 21.5 Å². The Labute approximate surface area is 179 Å². The average molecular weight is 452 g/mol. The lowest BCUT2D eigenvalue weighted by Crippen LogP contribution is -2.15. The first-order chi connectivity index (χ1) is 14.0. The van der Waals surface area contributed by atoms with Gasteiger partial charge in [0, 0.05) is 16.3 Å². The van der Waals surface area contributed by atoms with Gasteiger partial charge in [-0.15, -0.1) is 10.2 Å². The molecule has 0 aliphatic rings. The number of anilines is 1. The van der Waals surface area contributed by atoms with Crippen molar-refractivity contribution in [3.05, 3.63) is 70.0 Å². The van der Waals surface area contributed by atoms with Crippen LogP contribution in [0.25, 0.3) is 0 Å². The molecule has 0 atom stereocenters. The van der Waals surface area contributed by atoms with Gasteiger partial charge in [0.05, 0.1) is 19.1 Å². The predicted molar refractivity (Wildman–Crippen MR) is 111 cm³/mol. The monoisotopic (exact) mass is 451 g/mol. The van der Waals surface area contributed by atoms with Gasteiger partial charge in [0.15, 0.2) is 4.34 Å². The van der Waals surface area contributed by atoms with E-state index in [0.717, 1.165) is 5.56 Å². The number of nitrogens with one attached hydrogen (secondary N) is 1. The van der Waals surface area contributed by atoms with E-state index in [2.05, 4.69) is 20.3 Å². The number of methoxy groups -OCH3 is 1. The Morgan fingerprint density at radius 1 is 1.21 bits per heavy atom. The lowest BCUT2D eigenvalue weighted by Gasteiger charge is -2.05. The van der Waals surface area contributed by atoms with E-state index in [1.807, 2.05) is 12.1 Å². The standard InChI is InChI=1S/C19H15ClFN3O3S2/c1-27-17(26)12-7-5-11(6-8-12)10-28-19-24-23-18(29-19)22-16(25)9-13-14(20)3-2-4-15(13)21/h2-8H,9-10H2,1H3,(H,22,23,25). The van der Waals surface area contributed by atoms with E-state index in [1.54, 1.807) is 12.1 Å². The number of hydrogen-bond donors (Lipinski definition) is 1. The van der Waals surface area contributed by atoms with Crippen LogP contribution >= 0.6 is 34.7 Å². The van der Waals surface area contributed by atoms with Crippen LogP contribution in [-0.2, 0) is 21.7 Å². The molecule has 3 rings (SSSR count). The topological polar surface area (TPSA) is 81.2 Å². The molecule has 1 N–H and O–H groups in total. The summed E-state index contributed by atoms with van der Waals surface area (Å²) in [6.07, 6.45) is -0.194. The zero-order valence-corrected chi connectivity index (χ0v) is 17.5. The fraction of sp³-hybridized carbons (Fsp3) is 0.158. The first kappa shape index (κ1) is 21.2. The highest BCUT2D eigenvalue weighted by Gasteiger charge is 2.14. The number of carbonyl (C=O) groups excluding carboxylic acids is 2. The normalized spacial score (nSPS) is 10.6. The molecule has 29 heavy (non-hydrogen) atoms. The van der Waals surface area contributed by atoms with Gasteiger partial charge in [-0.1, -0.05) is 52.9 Å². The van der Waals surface area contributed by atoms with Crippen LogP contribution in [-0.4, -0.2) is 29.2 Å². The zero-order chi connectivity index (χ0) is 20.8. The number of hydrogen-bond acceptors (Lipinski definition) is 7. The van der Waals surface area contributed by atoms with Crippen LogP contribution in [0.3, 0.4) is 0 Å². The molecule has 0 saturated carbocycles. The number of esters is 1. The number of ether oxygens (including phenoxy) is 1. The summed E-state index contributed by atoms with van der Waals surface area (Å²) < 4.78 is 19.1. The zero-order valence-electron chi connectivity index (χ0n) is 15.1. The second-order valence-corrected chi connectivity index (χ2v) is 8.38. The number of nitrogens with zero attached hydrogens (tertiary/aromatic N) is 2. The summed E-state index contributed by atoms with van der Waals surface area (Å²) in [6, 6.07) is 11.3. The second-order valence-electron chi connectivity index (χ2n) is 5.78. The summed E-state index contributed by atoms with van der Waals surface area (Å²) in [4.78, 5) is 23.6. The summed E-state index contributed by atoms with van der Waals surface area (Å²) >= 11 is 8.61. The van der Waals surface area contributed by atoms with Crippen molar-refractivity contribution < 1.29 is 18.7 Å². The van der Waals surface area contributed by atoms with E-state index in [1.165, 1.54) is 48.4 Å². The highest BCUT2D eigenvalue weighted by Crippen LogP contribution is 2.29. The molecule has 10 heteroatoms. The molecule has 0 unspecified atom stereocenters. The third-order valence-electron chi connectivity index (χ3n) is 3.79. The van der Waals surface area contributed by atoms with E-state index in [9.17, 15) is 14.0 Å². The van der Waals surface area contributed by atoms with Crippen molar-refractivity contribution in [2.45, 2.75) is 16.5 Å². The van der Waals surface area contributed by atoms with Crippen molar-refractivity contribution in [1.82, 2.24) is 10.2 Å². The Kier molecular flexibility index (Phi) is 7.18. The maximum atomic E-state index is 13.8. The minimum absolute atomic E-state index is 0.140. The molecule has 2 aromatic carbocycles. The Balaban J connectivity index is 1.54. The quantitative estimate of drug-likeness (QED) is 0.321. The fourth-order valence-corrected chi connectivity index (χ4v) is 4.30. The van der Waals surface area contributed by atoms with Gasteiger partial charge in [0.2, 0.25) is 11.0 Å². The molecule has 1 aromatic heterocycles. The maximum Gasteiger partial charge on any atom is 0.337 e. The van der Waals surface area contributed by atoms with Gasteiger partial charge in [-0.25, -0.2) is 9.18 Å². The molecule has 0 aliphatic heterocycles. The molecule has 0 spiro atoms. The molecule has 150 valence electrons. The Bertz CT molecular complexity index is 1010. The number of thioether (sulfide) groups is 1. The van der Waals surface area contributed by atoms with Crippen molar-refractivity contribution in [1.29, 1.82) is 0 Å². The van der Waals surface area contributed by atoms with Gasteiger partial charge in [0.1, 0.15) is 5.82 Å². The van der Waals surface area contributed by atoms with Crippen molar-refractivity contribution in [2.75, 3.05) is 12.4 Å². The number of amides is 1. The van der Waals surface area contributed by atoms with Gasteiger partial charge in [-0.2, -0.15) is 0 Å². The molecule has 3 aromatic rings. The number of rotatable bonds is 7. The highest BCUT2D eigenvalue weighted by atomic mass is 35.5. The third kappa shape index (κ3) is 5.75. The Hall–Kier alpha value is -2.49. The molecular weight excluding hydrogens is 437 g/mol. The highest BCUT2D eigenvalue weighted by molar-refractivity contribution is 8.00. The van der Waals surface area contributed by atoms with E-state index in [4.69, 9.17) is 11.6 Å². The molecule has 0 aliphatic carbocycles. The summed E-state index contributed by atoms with van der Waals surface area (Å²) in [5, 5.41) is 11.1. The molecule has 0 saturated heterocycles. The molecule has 0 radical (unpaired) electrons. The predicted octanol–water partition coefficient (Wildman–Crippen LogP) is 4.59. The molecule has 1 heterocycles. The van der Waals surface area contributed by atoms with Crippen molar-refractivity contribution >= 4 is 51.7 Å². The van der Waals surface area contributed by atoms with Gasteiger partial charge in [0.25, 0.3) is 0 Å². The smallest absolute Gasteiger partial charge is 0.337 e. The Morgan fingerprint density at radius 3 is 2.66 bits per heavy atom. The molecule has 6 nitrogen and oxygen atoms in total. The third-order valence-corrected chi connectivity index (χ3v) is 6.19. The minimum Gasteiger partial charge on any atom is -0.465 e. The number of aromatic nitrogens is 2. The SMILES string of the molecule is COC(=O)c1ccc(CSc2nnc(NC(=O)Cc3c(F)cccc3Cl)s2)cc1. The summed E-state index contributed by atoms with van der Waals surface area (Å²) in [7, 11) is 1.34. The van der Waals surface area contributed by atoms with E-state index >= 15 is 0 Å². The van der Waals surface area contributed by atoms with Gasteiger partial charge >= 0.3 is 5.97 Å². The van der Waals surface area contributed by atoms with Crippen molar-refractivity contribution in [2.24, 2.45) is 0 Å². The van der Waals surface area contributed by atoms with Gasteiger partial charge < -0.3 is 10.1 Å². The summed E-state index contributed by atoms with van der Waals surface area (Å²) in [5.74, 6) is -0.720. The molecular formula is C19H15ClFN3O3S2. The number of carbonyl (C=O) groups is 2. The lowest BCUT2D eigenvalue weighted by atomic mass is 10.1. The first-order valence-electron chi connectivity index (χ1n) is 8.32. The van der Waals surface area contributed by atoms with Gasteiger partial charge in [-0.3, -0.25) is 4.79 Å². The van der Waals surface area contributed by atoms with Crippen LogP contribution in [0.4, 0.5) is 9.52 Å². The van der Waals surface area contributed by atoms with Crippen LogP contribution in [0.15, 0.2) is 46.8 Å². The van der Waals surface area contributed by atoms with Crippen molar-refractivity contribution in [3.63, 3.8) is 0 Å². The molecule has 0 fully saturated rings. The minimum atomic E-state index is -0.528. The van der Waals surface area contributed by atoms with Crippen LogP contribution in [0.2, 0.25) is 5.02 Å². The van der Waals surface area contributed by atoms with Gasteiger partial charge in [-0.05, 0) is 29.8 Å². The first-order valence-corrected chi connectivity index (χ1v) is 10.5. The Morgan fingerprint density at radius 2 is 1.97 bits per heavy atom. The van der Waals surface area contributed by atoms with Crippen LogP contribution in [0.5, 0.6) is 0 Å². The van der Waals surface area contributed by atoms with Crippen LogP contribution < -0.4 is 5.32 Å². The van der Waals surface area contributed by atoms with Crippen molar-refractivity contribution in [3.8, 4) is 0 Å². The molecule has 1 amide bonds. The number of halogens is 2. The summed E-state index contributed by atoms with van der Waals surface area (Å²) in [6.45, 7) is 0. The maximum absolute atomic E-state index is 13.8. The average Bonchev–Trinajstić information content (AvgIpc) is 3.16.